The topological polar surface area (TPSA) is 81.8 Å². The van der Waals surface area contributed by atoms with Gasteiger partial charge in [-0.15, -0.1) is 26.3 Å². The van der Waals surface area contributed by atoms with Gasteiger partial charge in [-0.2, -0.15) is 0 Å². The molecule has 0 saturated carbocycles. The van der Waals surface area contributed by atoms with Crippen molar-refractivity contribution in [1.29, 1.82) is 0 Å². The van der Waals surface area contributed by atoms with E-state index in [-0.39, 0.29) is 19.4 Å². The molecule has 0 aliphatic rings. The first-order valence-electron chi connectivity index (χ1n) is 7.92. The van der Waals surface area contributed by atoms with Crippen LogP contribution in [0.1, 0.15) is 25.3 Å². The zero-order chi connectivity index (χ0) is 20.8. The Morgan fingerprint density at radius 3 is 1.93 bits per heavy atom. The van der Waals surface area contributed by atoms with Crippen molar-refractivity contribution in [1.82, 2.24) is 0 Å². The maximum absolute atomic E-state index is 12.6. The number of aliphatic carboxylic acids is 1. The van der Waals surface area contributed by atoms with Gasteiger partial charge < -0.3 is 20.3 Å². The molecule has 27 heavy (non-hydrogen) atoms. The van der Waals surface area contributed by atoms with Crippen molar-refractivity contribution in [3.05, 3.63) is 23.8 Å². The highest BCUT2D eigenvalue weighted by atomic mass is 19.4. The number of benzene rings is 1. The van der Waals surface area contributed by atoms with Crippen LogP contribution in [0.5, 0.6) is 11.5 Å². The largest absolute Gasteiger partial charge is 0.573 e. The summed E-state index contributed by atoms with van der Waals surface area (Å²) in [4.78, 5) is 11.1. The second-order valence-electron chi connectivity index (χ2n) is 5.81. The molecule has 0 amide bonds. The Bertz CT molecular complexity index is 598. The maximum atomic E-state index is 12.6. The van der Waals surface area contributed by atoms with Crippen LogP contribution in [-0.2, 0) is 11.2 Å². The first-order valence-corrected chi connectivity index (χ1v) is 7.92. The molecule has 2 unspecified atom stereocenters. The van der Waals surface area contributed by atoms with Gasteiger partial charge in [0.1, 0.15) is 11.5 Å². The number of halogens is 6. The molecule has 0 spiro atoms. The lowest BCUT2D eigenvalue weighted by Gasteiger charge is -2.23. The van der Waals surface area contributed by atoms with Gasteiger partial charge in [0.25, 0.3) is 0 Å². The smallest absolute Gasteiger partial charge is 0.481 e. The van der Waals surface area contributed by atoms with Gasteiger partial charge in [-0.1, -0.05) is 19.4 Å². The fraction of sp³-hybridized carbons (Fsp3) is 0.562. The summed E-state index contributed by atoms with van der Waals surface area (Å²) >= 11 is 0. The van der Waals surface area contributed by atoms with Crippen molar-refractivity contribution >= 4 is 5.97 Å². The van der Waals surface area contributed by atoms with E-state index in [0.717, 1.165) is 18.2 Å². The number of alkyl halides is 6. The van der Waals surface area contributed by atoms with E-state index < -0.39 is 47.6 Å². The van der Waals surface area contributed by atoms with Crippen molar-refractivity contribution in [2.24, 2.45) is 17.6 Å². The minimum absolute atomic E-state index is 0.0197. The van der Waals surface area contributed by atoms with Crippen LogP contribution in [0.4, 0.5) is 26.3 Å². The van der Waals surface area contributed by atoms with Crippen molar-refractivity contribution in [2.75, 3.05) is 6.54 Å². The van der Waals surface area contributed by atoms with E-state index in [4.69, 9.17) is 10.8 Å². The van der Waals surface area contributed by atoms with Crippen LogP contribution in [0.3, 0.4) is 0 Å². The first kappa shape index (κ1) is 22.9. The Hall–Kier alpha value is -2.17. The van der Waals surface area contributed by atoms with Gasteiger partial charge in [0.2, 0.25) is 0 Å². The maximum Gasteiger partial charge on any atom is 0.573 e. The van der Waals surface area contributed by atoms with E-state index >= 15 is 0 Å². The fourth-order valence-electron chi connectivity index (χ4n) is 2.57. The fourth-order valence-corrected chi connectivity index (χ4v) is 2.57. The summed E-state index contributed by atoms with van der Waals surface area (Å²) in [6.07, 6.45) is -10.3. The lowest BCUT2D eigenvalue weighted by Crippen LogP contribution is -2.27. The molecule has 0 bridgehead atoms. The van der Waals surface area contributed by atoms with E-state index in [1.54, 1.807) is 6.92 Å². The third-order valence-corrected chi connectivity index (χ3v) is 3.86. The number of hydrogen-bond acceptors (Lipinski definition) is 4. The predicted octanol–water partition coefficient (Wildman–Crippen LogP) is 4.10. The van der Waals surface area contributed by atoms with Crippen LogP contribution in [0, 0.1) is 11.8 Å². The van der Waals surface area contributed by atoms with E-state index in [0.29, 0.717) is 6.42 Å². The number of carboxylic acids is 1. The molecule has 3 N–H and O–H groups in total. The van der Waals surface area contributed by atoms with Gasteiger partial charge in [0.05, 0.1) is 5.92 Å². The zero-order valence-electron chi connectivity index (χ0n) is 14.2. The summed E-state index contributed by atoms with van der Waals surface area (Å²) in [6, 6.07) is 2.68. The minimum Gasteiger partial charge on any atom is -0.481 e. The van der Waals surface area contributed by atoms with Gasteiger partial charge in [0, 0.05) is 12.1 Å². The molecular weight excluding hydrogens is 384 g/mol. The van der Waals surface area contributed by atoms with Crippen LogP contribution in [-0.4, -0.2) is 30.3 Å². The Labute approximate surface area is 151 Å². The molecule has 0 fully saturated rings. The monoisotopic (exact) mass is 403 g/mol. The van der Waals surface area contributed by atoms with Crippen LogP contribution in [0.15, 0.2) is 18.2 Å². The van der Waals surface area contributed by atoms with Gasteiger partial charge in [-0.3, -0.25) is 4.79 Å². The molecule has 154 valence electrons. The van der Waals surface area contributed by atoms with Crippen molar-refractivity contribution in [2.45, 2.75) is 38.9 Å². The van der Waals surface area contributed by atoms with Crippen LogP contribution in [0.25, 0.3) is 0 Å². The number of carboxylic acid groups (broad SMARTS) is 1. The van der Waals surface area contributed by atoms with E-state index in [2.05, 4.69) is 9.47 Å². The molecule has 0 aromatic heterocycles. The van der Waals surface area contributed by atoms with Gasteiger partial charge in [0.15, 0.2) is 0 Å². The molecule has 1 rings (SSSR count). The first-order chi connectivity index (χ1) is 12.4. The summed E-state index contributed by atoms with van der Waals surface area (Å²) in [6.45, 7) is 1.43. The number of hydrogen-bond donors (Lipinski definition) is 2. The molecule has 2 atom stereocenters. The Morgan fingerprint density at radius 2 is 1.59 bits per heavy atom. The third kappa shape index (κ3) is 7.94. The summed E-state index contributed by atoms with van der Waals surface area (Å²) in [7, 11) is 0. The molecule has 0 aliphatic heterocycles. The lowest BCUT2D eigenvalue weighted by atomic mass is 9.87. The Balaban J connectivity index is 3.24. The summed E-state index contributed by atoms with van der Waals surface area (Å²) in [5, 5.41) is 9.07. The molecule has 11 heteroatoms. The highest BCUT2D eigenvalue weighted by Crippen LogP contribution is 2.38. The van der Waals surface area contributed by atoms with Gasteiger partial charge in [-0.25, -0.2) is 0 Å². The van der Waals surface area contributed by atoms with Crippen LogP contribution < -0.4 is 15.2 Å². The second kappa shape index (κ2) is 9.16. The number of nitrogens with two attached hydrogens (primary N) is 1. The SMILES string of the molecule is CCC(Cc1c(OC(F)(F)F)cccc1OC(F)(F)F)CC(CN)C(=O)O. The molecule has 0 heterocycles. The molecule has 5 nitrogen and oxygen atoms in total. The van der Waals surface area contributed by atoms with Gasteiger partial charge >= 0.3 is 18.7 Å². The normalized spacial score (nSPS) is 14.5. The Kier molecular flexibility index (Phi) is 7.76. The Morgan fingerprint density at radius 1 is 1.11 bits per heavy atom. The van der Waals surface area contributed by atoms with Crippen molar-refractivity contribution < 1.29 is 45.7 Å². The summed E-state index contributed by atoms with van der Waals surface area (Å²) in [5.74, 6) is -4.38. The average Bonchev–Trinajstić information content (AvgIpc) is 2.50. The average molecular weight is 403 g/mol. The van der Waals surface area contributed by atoms with Crippen LogP contribution >= 0.6 is 0 Å². The molecule has 0 radical (unpaired) electrons. The number of carbonyl (C=O) groups is 1. The summed E-state index contributed by atoms with van der Waals surface area (Å²) < 4.78 is 83.3. The molecule has 0 aliphatic carbocycles. The molecule has 1 aromatic carbocycles. The van der Waals surface area contributed by atoms with Gasteiger partial charge in [-0.05, 0) is 30.9 Å². The van der Waals surface area contributed by atoms with E-state index in [9.17, 15) is 31.1 Å². The van der Waals surface area contributed by atoms with Crippen LogP contribution in [0.2, 0.25) is 0 Å². The quantitative estimate of drug-likeness (QED) is 0.607. The van der Waals surface area contributed by atoms with E-state index in [1.165, 1.54) is 0 Å². The van der Waals surface area contributed by atoms with Crippen molar-refractivity contribution in [3.63, 3.8) is 0 Å². The number of rotatable bonds is 9. The standard InChI is InChI=1S/C16H19F6NO4/c1-2-9(6-10(8-23)14(24)25)7-11-12(26-15(17,18)19)4-3-5-13(11)27-16(20,21)22/h3-5,9-10H,2,6-8,23H2,1H3,(H,24,25). The number of ether oxygens (including phenoxy) is 2. The lowest BCUT2D eigenvalue weighted by molar-refractivity contribution is -0.277. The highest BCUT2D eigenvalue weighted by Gasteiger charge is 2.36. The molecule has 1 aromatic rings. The minimum atomic E-state index is -5.12. The molecular formula is C16H19F6NO4. The summed E-state index contributed by atoms with van der Waals surface area (Å²) in [5.41, 5.74) is 4.92. The predicted molar refractivity (Wildman–Crippen MR) is 82.1 cm³/mol. The second-order valence-corrected chi connectivity index (χ2v) is 5.81. The van der Waals surface area contributed by atoms with Crippen molar-refractivity contribution in [3.8, 4) is 11.5 Å². The third-order valence-electron chi connectivity index (χ3n) is 3.86. The highest BCUT2D eigenvalue weighted by molar-refractivity contribution is 5.70. The zero-order valence-corrected chi connectivity index (χ0v) is 14.2. The molecule has 0 saturated heterocycles. The van der Waals surface area contributed by atoms with E-state index in [1.807, 2.05) is 0 Å².